The molecule has 0 bridgehead atoms. The number of anilines is 2. The first kappa shape index (κ1) is 20.6. The van der Waals surface area contributed by atoms with Crippen molar-refractivity contribution in [3.63, 3.8) is 0 Å². The molecule has 9 heteroatoms. The molecular weight excluding hydrogens is 410 g/mol. The van der Waals surface area contributed by atoms with E-state index in [2.05, 4.69) is 10.6 Å². The Bertz CT molecular complexity index is 973. The molecule has 2 aliphatic rings. The quantitative estimate of drug-likeness (QED) is 0.544. The van der Waals surface area contributed by atoms with Crippen molar-refractivity contribution in [2.45, 2.75) is 25.7 Å². The maximum atomic E-state index is 13.0. The van der Waals surface area contributed by atoms with E-state index >= 15 is 0 Å². The van der Waals surface area contributed by atoms with E-state index in [-0.39, 0.29) is 25.7 Å². The Morgan fingerprint density at radius 2 is 0.968 bits per heavy atom. The molecule has 0 aromatic heterocycles. The highest BCUT2D eigenvalue weighted by Gasteiger charge is 2.63. The van der Waals surface area contributed by atoms with Crippen LogP contribution in [0.15, 0.2) is 48.5 Å². The van der Waals surface area contributed by atoms with Crippen molar-refractivity contribution in [1.29, 1.82) is 0 Å². The van der Waals surface area contributed by atoms with Crippen LogP contribution in [0.5, 0.6) is 0 Å². The predicted octanol–water partition coefficient (Wildman–Crippen LogP) is 3.17. The van der Waals surface area contributed by atoms with E-state index < -0.39 is 46.2 Å². The van der Waals surface area contributed by atoms with Crippen LogP contribution in [-0.2, 0) is 23.9 Å². The molecule has 0 spiro atoms. The van der Waals surface area contributed by atoms with Crippen LogP contribution in [0.25, 0.3) is 0 Å². The molecule has 2 saturated carbocycles. The first-order valence-electron chi connectivity index (χ1n) is 9.66. The lowest BCUT2D eigenvalue weighted by molar-refractivity contribution is -0.168. The number of amides is 2. The van der Waals surface area contributed by atoms with Gasteiger partial charge in [-0.25, -0.2) is 8.78 Å². The van der Waals surface area contributed by atoms with Crippen LogP contribution in [-0.4, -0.2) is 23.8 Å². The fourth-order valence-corrected chi connectivity index (χ4v) is 3.15. The molecule has 4 rings (SSSR count). The largest absolute Gasteiger partial charge is 0.392 e. The van der Waals surface area contributed by atoms with Crippen LogP contribution in [0.3, 0.4) is 0 Å². The average molecular weight is 428 g/mol. The van der Waals surface area contributed by atoms with Gasteiger partial charge in [0.15, 0.2) is 0 Å². The summed E-state index contributed by atoms with van der Waals surface area (Å²) in [5.41, 5.74) is -2.41. The van der Waals surface area contributed by atoms with Crippen LogP contribution >= 0.6 is 0 Å². The number of carbonyl (C=O) groups excluding carboxylic acids is 4. The molecule has 31 heavy (non-hydrogen) atoms. The molecule has 0 unspecified atom stereocenters. The van der Waals surface area contributed by atoms with E-state index in [0.717, 1.165) is 24.3 Å². The lowest BCUT2D eigenvalue weighted by Crippen LogP contribution is -2.39. The summed E-state index contributed by atoms with van der Waals surface area (Å²) in [4.78, 5) is 50.2. The zero-order valence-electron chi connectivity index (χ0n) is 16.2. The Labute approximate surface area is 175 Å². The molecule has 0 saturated heterocycles. The molecular formula is C22H18F2N2O5. The smallest absolute Gasteiger partial charge is 0.329 e. The SMILES string of the molecule is O=C(Nc1ccc(F)cc1)C1(C(=O)OC(=O)C2(C(=O)Nc3ccc(F)cc3)CC2)CC1. The second kappa shape index (κ2) is 7.57. The van der Waals surface area contributed by atoms with Gasteiger partial charge in [-0.3, -0.25) is 19.2 Å². The van der Waals surface area contributed by atoms with Gasteiger partial charge in [0, 0.05) is 11.4 Å². The van der Waals surface area contributed by atoms with Crippen molar-refractivity contribution in [1.82, 2.24) is 0 Å². The molecule has 2 fully saturated rings. The van der Waals surface area contributed by atoms with Crippen LogP contribution < -0.4 is 10.6 Å². The summed E-state index contributed by atoms with van der Waals surface area (Å²) < 4.78 is 31.0. The van der Waals surface area contributed by atoms with Crippen LogP contribution in [0, 0.1) is 22.5 Å². The molecule has 2 aliphatic carbocycles. The number of hydrogen-bond acceptors (Lipinski definition) is 5. The van der Waals surface area contributed by atoms with Crippen molar-refractivity contribution in [2.75, 3.05) is 10.6 Å². The third-order valence-corrected chi connectivity index (χ3v) is 5.54. The van der Waals surface area contributed by atoms with E-state index in [4.69, 9.17) is 4.74 Å². The Kier molecular flexibility index (Phi) is 5.04. The lowest BCUT2D eigenvalue weighted by atomic mass is 10.0. The molecule has 160 valence electrons. The summed E-state index contributed by atoms with van der Waals surface area (Å²) in [5, 5.41) is 5.03. The summed E-state index contributed by atoms with van der Waals surface area (Å²) in [6.07, 6.45) is 0.781. The number of hydrogen-bond donors (Lipinski definition) is 2. The molecule has 2 aromatic carbocycles. The monoisotopic (exact) mass is 428 g/mol. The molecule has 2 aromatic rings. The van der Waals surface area contributed by atoms with Gasteiger partial charge in [-0.15, -0.1) is 0 Å². The number of benzene rings is 2. The van der Waals surface area contributed by atoms with E-state index in [9.17, 15) is 28.0 Å². The van der Waals surface area contributed by atoms with Crippen molar-refractivity contribution in [3.8, 4) is 0 Å². The molecule has 2 N–H and O–H groups in total. The lowest BCUT2D eigenvalue weighted by Gasteiger charge is -2.17. The standard InChI is InChI=1S/C22H18F2N2O5/c23-13-1-5-15(6-2-13)25-17(27)21(9-10-21)19(29)31-20(30)22(11-12-22)18(28)26-16-7-3-14(24)4-8-16/h1-8H,9-12H2,(H,25,27)(H,26,28). The normalized spacial score (nSPS) is 17.2. The first-order valence-corrected chi connectivity index (χ1v) is 9.66. The highest BCUT2D eigenvalue weighted by Crippen LogP contribution is 2.51. The first-order chi connectivity index (χ1) is 14.7. The number of esters is 2. The second-order valence-electron chi connectivity index (χ2n) is 7.76. The summed E-state index contributed by atoms with van der Waals surface area (Å²) >= 11 is 0. The summed E-state index contributed by atoms with van der Waals surface area (Å²) in [7, 11) is 0. The zero-order valence-corrected chi connectivity index (χ0v) is 16.2. The van der Waals surface area contributed by atoms with E-state index in [1.54, 1.807) is 0 Å². The van der Waals surface area contributed by atoms with Crippen molar-refractivity contribution in [2.24, 2.45) is 10.8 Å². The highest BCUT2D eigenvalue weighted by molar-refractivity contribution is 6.17. The molecule has 7 nitrogen and oxygen atoms in total. The second-order valence-corrected chi connectivity index (χ2v) is 7.76. The number of carbonyl (C=O) groups is 4. The Morgan fingerprint density at radius 3 is 1.26 bits per heavy atom. The Hall–Kier alpha value is -3.62. The number of nitrogens with one attached hydrogen (secondary N) is 2. The maximum absolute atomic E-state index is 13.0. The number of rotatable bonds is 6. The van der Waals surface area contributed by atoms with Gasteiger partial charge in [-0.2, -0.15) is 0 Å². The summed E-state index contributed by atoms with van der Waals surface area (Å²) in [6, 6.07) is 10.0. The van der Waals surface area contributed by atoms with Gasteiger partial charge in [-0.05, 0) is 74.2 Å². The Morgan fingerprint density at radius 1 is 0.645 bits per heavy atom. The van der Waals surface area contributed by atoms with Crippen LogP contribution in [0.1, 0.15) is 25.7 Å². The van der Waals surface area contributed by atoms with Crippen molar-refractivity contribution in [3.05, 3.63) is 60.2 Å². The zero-order chi connectivity index (χ0) is 22.2. The van der Waals surface area contributed by atoms with E-state index in [0.29, 0.717) is 11.4 Å². The maximum Gasteiger partial charge on any atom is 0.329 e. The number of ether oxygens (including phenoxy) is 1. The van der Waals surface area contributed by atoms with E-state index in [1.807, 2.05) is 0 Å². The van der Waals surface area contributed by atoms with Gasteiger partial charge in [0.25, 0.3) is 0 Å². The van der Waals surface area contributed by atoms with E-state index in [1.165, 1.54) is 24.3 Å². The summed E-state index contributed by atoms with van der Waals surface area (Å²) in [5.74, 6) is -4.29. The third kappa shape index (κ3) is 4.03. The fraction of sp³-hybridized carbons (Fsp3) is 0.273. The fourth-order valence-electron chi connectivity index (χ4n) is 3.15. The third-order valence-electron chi connectivity index (χ3n) is 5.54. The van der Waals surface area contributed by atoms with Gasteiger partial charge in [-0.1, -0.05) is 0 Å². The minimum atomic E-state index is -1.51. The summed E-state index contributed by atoms with van der Waals surface area (Å²) in [6.45, 7) is 0. The minimum absolute atomic E-state index is 0.195. The van der Waals surface area contributed by atoms with Crippen molar-refractivity contribution < 1.29 is 32.7 Å². The highest BCUT2D eigenvalue weighted by atomic mass is 19.1. The van der Waals surface area contributed by atoms with Crippen LogP contribution in [0.2, 0.25) is 0 Å². The van der Waals surface area contributed by atoms with Crippen molar-refractivity contribution >= 4 is 35.1 Å². The van der Waals surface area contributed by atoms with Gasteiger partial charge in [0.1, 0.15) is 22.5 Å². The topological polar surface area (TPSA) is 102 Å². The van der Waals surface area contributed by atoms with Gasteiger partial charge in [0.2, 0.25) is 11.8 Å². The van der Waals surface area contributed by atoms with Gasteiger partial charge >= 0.3 is 11.9 Å². The minimum Gasteiger partial charge on any atom is -0.392 e. The molecule has 0 heterocycles. The Balaban J connectivity index is 1.38. The number of halogens is 2. The molecule has 0 radical (unpaired) electrons. The van der Waals surface area contributed by atoms with Gasteiger partial charge in [0.05, 0.1) is 0 Å². The molecule has 0 atom stereocenters. The van der Waals surface area contributed by atoms with Gasteiger partial charge < -0.3 is 15.4 Å². The predicted molar refractivity (Wildman–Crippen MR) is 104 cm³/mol. The molecule has 2 amide bonds. The molecule has 0 aliphatic heterocycles. The average Bonchev–Trinajstić information content (AvgIpc) is 3.64. The van der Waals surface area contributed by atoms with Crippen LogP contribution in [0.4, 0.5) is 20.2 Å².